The largest absolute Gasteiger partial charge is 0.480 e. The molecule has 0 aliphatic rings. The zero-order chi connectivity index (χ0) is 14.7. The second-order valence-corrected chi connectivity index (χ2v) is 5.34. The lowest BCUT2D eigenvalue weighted by molar-refractivity contribution is -0.140. The first kappa shape index (κ1) is 14.3. The maximum atomic E-state index is 11.1. The molecule has 8 heteroatoms. The van der Waals surface area contributed by atoms with Gasteiger partial charge in [-0.15, -0.1) is 11.8 Å². The third-order valence-corrected chi connectivity index (χ3v) is 3.65. The molecule has 1 amide bonds. The molecule has 1 atom stereocenters. The van der Waals surface area contributed by atoms with Crippen molar-refractivity contribution in [2.75, 3.05) is 5.75 Å². The molecule has 7 nitrogen and oxygen atoms in total. The average molecular weight is 294 g/mol. The maximum absolute atomic E-state index is 11.1. The van der Waals surface area contributed by atoms with Crippen LogP contribution in [0.2, 0.25) is 0 Å². The van der Waals surface area contributed by atoms with Gasteiger partial charge in [-0.3, -0.25) is 4.79 Å². The van der Waals surface area contributed by atoms with Gasteiger partial charge in [-0.1, -0.05) is 0 Å². The third kappa shape index (κ3) is 3.27. The SMILES string of the molecule is CC(=O)NC(CSc1cc(C)cc2ncnn12)C(=O)O. The minimum atomic E-state index is -1.06. The second-order valence-electron chi connectivity index (χ2n) is 4.30. The Morgan fingerprint density at radius 3 is 2.90 bits per heavy atom. The normalized spacial score (nSPS) is 12.3. The summed E-state index contributed by atoms with van der Waals surface area (Å²) in [7, 11) is 0. The number of aromatic nitrogens is 3. The van der Waals surface area contributed by atoms with Crippen LogP contribution >= 0.6 is 11.8 Å². The molecule has 2 rings (SSSR count). The van der Waals surface area contributed by atoms with Gasteiger partial charge in [0.05, 0.1) is 0 Å². The first-order valence-corrected chi connectivity index (χ1v) is 6.89. The number of nitrogens with one attached hydrogen (secondary N) is 1. The van der Waals surface area contributed by atoms with E-state index >= 15 is 0 Å². The average Bonchev–Trinajstić information content (AvgIpc) is 2.81. The fraction of sp³-hybridized carbons (Fsp3) is 0.333. The van der Waals surface area contributed by atoms with Crippen LogP contribution in [0, 0.1) is 6.92 Å². The number of amides is 1. The number of carbonyl (C=O) groups excluding carboxylic acids is 1. The first-order valence-electron chi connectivity index (χ1n) is 5.90. The van der Waals surface area contributed by atoms with Gasteiger partial charge in [-0.2, -0.15) is 5.10 Å². The summed E-state index contributed by atoms with van der Waals surface area (Å²) < 4.78 is 1.64. The lowest BCUT2D eigenvalue weighted by Gasteiger charge is -2.13. The Morgan fingerprint density at radius 1 is 1.50 bits per heavy atom. The Balaban J connectivity index is 2.17. The quantitative estimate of drug-likeness (QED) is 0.789. The molecule has 0 aromatic carbocycles. The molecule has 2 heterocycles. The summed E-state index contributed by atoms with van der Waals surface area (Å²) in [6, 6.07) is 2.86. The fourth-order valence-electron chi connectivity index (χ4n) is 1.71. The Bertz CT molecular complexity index is 655. The number of aryl methyl sites for hydroxylation is 1. The molecule has 0 fully saturated rings. The highest BCUT2D eigenvalue weighted by Gasteiger charge is 2.19. The highest BCUT2D eigenvalue weighted by molar-refractivity contribution is 7.99. The van der Waals surface area contributed by atoms with E-state index in [0.717, 1.165) is 10.6 Å². The minimum Gasteiger partial charge on any atom is -0.480 e. The van der Waals surface area contributed by atoms with Gasteiger partial charge in [0.25, 0.3) is 0 Å². The van der Waals surface area contributed by atoms with Crippen molar-refractivity contribution in [3.05, 3.63) is 24.0 Å². The summed E-state index contributed by atoms with van der Waals surface area (Å²) in [5.41, 5.74) is 1.72. The molecular formula is C12H14N4O3S. The molecule has 0 saturated carbocycles. The number of pyridine rings is 1. The van der Waals surface area contributed by atoms with Crippen molar-refractivity contribution in [3.63, 3.8) is 0 Å². The number of carbonyl (C=O) groups is 2. The van der Waals surface area contributed by atoms with Gasteiger partial charge in [-0.25, -0.2) is 14.3 Å². The Labute approximate surface area is 119 Å². The number of carboxylic acid groups (broad SMARTS) is 1. The molecule has 2 N–H and O–H groups in total. The summed E-state index contributed by atoms with van der Waals surface area (Å²) >= 11 is 1.31. The smallest absolute Gasteiger partial charge is 0.327 e. The van der Waals surface area contributed by atoms with Crippen LogP contribution in [0.4, 0.5) is 0 Å². The third-order valence-electron chi connectivity index (χ3n) is 2.56. The van der Waals surface area contributed by atoms with Gasteiger partial charge in [-0.05, 0) is 24.6 Å². The molecule has 0 radical (unpaired) electrons. The lowest BCUT2D eigenvalue weighted by atomic mass is 10.3. The molecule has 0 spiro atoms. The van der Waals surface area contributed by atoms with Crippen LogP contribution in [-0.2, 0) is 9.59 Å². The van der Waals surface area contributed by atoms with Crippen LogP contribution in [0.5, 0.6) is 0 Å². The van der Waals surface area contributed by atoms with E-state index in [9.17, 15) is 9.59 Å². The van der Waals surface area contributed by atoms with Crippen molar-refractivity contribution in [2.24, 2.45) is 0 Å². The van der Waals surface area contributed by atoms with E-state index in [1.54, 1.807) is 4.52 Å². The van der Waals surface area contributed by atoms with Crippen LogP contribution in [0.15, 0.2) is 23.5 Å². The summed E-state index contributed by atoms with van der Waals surface area (Å²) in [5.74, 6) is -1.21. The van der Waals surface area contributed by atoms with Crippen LogP contribution in [0.25, 0.3) is 5.65 Å². The van der Waals surface area contributed by atoms with E-state index < -0.39 is 12.0 Å². The number of nitrogens with zero attached hydrogens (tertiary/aromatic N) is 3. The summed E-state index contributed by atoms with van der Waals surface area (Å²) in [6.45, 7) is 3.23. The van der Waals surface area contributed by atoms with Crippen molar-refractivity contribution in [3.8, 4) is 0 Å². The van der Waals surface area contributed by atoms with Crippen molar-refractivity contribution in [2.45, 2.75) is 24.9 Å². The zero-order valence-corrected chi connectivity index (χ0v) is 11.8. The topological polar surface area (TPSA) is 96.6 Å². The second kappa shape index (κ2) is 5.91. The predicted molar refractivity (Wildman–Crippen MR) is 73.7 cm³/mol. The number of hydrogen-bond donors (Lipinski definition) is 2. The van der Waals surface area contributed by atoms with E-state index in [1.807, 2.05) is 19.1 Å². The van der Waals surface area contributed by atoms with E-state index in [2.05, 4.69) is 15.4 Å². The first-order chi connectivity index (χ1) is 9.47. The van der Waals surface area contributed by atoms with Crippen LogP contribution in [0.1, 0.15) is 12.5 Å². The van der Waals surface area contributed by atoms with Crippen LogP contribution in [-0.4, -0.2) is 43.4 Å². The van der Waals surface area contributed by atoms with E-state index in [0.29, 0.717) is 5.65 Å². The standard InChI is InChI=1S/C12H14N4O3S/c1-7-3-10-13-6-14-16(10)11(4-7)20-5-9(12(18)19)15-8(2)17/h3-4,6,9H,5H2,1-2H3,(H,15,17)(H,18,19). The lowest BCUT2D eigenvalue weighted by Crippen LogP contribution is -2.41. The Morgan fingerprint density at radius 2 is 2.25 bits per heavy atom. The summed E-state index contributed by atoms with van der Waals surface area (Å²) in [5, 5.41) is 16.3. The van der Waals surface area contributed by atoms with Gasteiger partial charge in [0, 0.05) is 12.7 Å². The molecule has 0 saturated heterocycles. The van der Waals surface area contributed by atoms with E-state index in [-0.39, 0.29) is 11.7 Å². The van der Waals surface area contributed by atoms with Gasteiger partial charge in [0.15, 0.2) is 5.65 Å². The molecule has 1 unspecified atom stereocenters. The predicted octanol–water partition coefficient (Wildman–Crippen LogP) is 0.719. The molecule has 106 valence electrons. The number of thioether (sulfide) groups is 1. The summed E-state index contributed by atoms with van der Waals surface area (Å²) in [4.78, 5) is 26.2. The van der Waals surface area contributed by atoms with Crippen LogP contribution in [0.3, 0.4) is 0 Å². The van der Waals surface area contributed by atoms with Gasteiger partial charge >= 0.3 is 5.97 Å². The summed E-state index contributed by atoms with van der Waals surface area (Å²) in [6.07, 6.45) is 1.45. The van der Waals surface area contributed by atoms with Gasteiger partial charge in [0.2, 0.25) is 5.91 Å². The molecule has 20 heavy (non-hydrogen) atoms. The number of rotatable bonds is 5. The molecule has 2 aromatic rings. The Kier molecular flexibility index (Phi) is 4.23. The van der Waals surface area contributed by atoms with Crippen molar-refractivity contribution in [1.29, 1.82) is 0 Å². The molecular weight excluding hydrogens is 280 g/mol. The van der Waals surface area contributed by atoms with Crippen molar-refractivity contribution >= 4 is 29.3 Å². The monoisotopic (exact) mass is 294 g/mol. The highest BCUT2D eigenvalue weighted by Crippen LogP contribution is 2.21. The van der Waals surface area contributed by atoms with Crippen molar-refractivity contribution in [1.82, 2.24) is 19.9 Å². The maximum Gasteiger partial charge on any atom is 0.327 e. The van der Waals surface area contributed by atoms with E-state index in [1.165, 1.54) is 25.0 Å². The zero-order valence-electron chi connectivity index (χ0n) is 11.0. The van der Waals surface area contributed by atoms with Crippen LogP contribution < -0.4 is 5.32 Å². The molecule has 2 aromatic heterocycles. The fourth-order valence-corrected chi connectivity index (χ4v) is 2.81. The van der Waals surface area contributed by atoms with Crippen molar-refractivity contribution < 1.29 is 14.7 Å². The molecule has 0 aliphatic heterocycles. The Hall–Kier alpha value is -2.09. The van der Waals surface area contributed by atoms with E-state index in [4.69, 9.17) is 5.11 Å². The number of aliphatic carboxylic acids is 1. The highest BCUT2D eigenvalue weighted by atomic mass is 32.2. The number of carboxylic acids is 1. The molecule has 0 aliphatic carbocycles. The van der Waals surface area contributed by atoms with Gasteiger partial charge < -0.3 is 10.4 Å². The van der Waals surface area contributed by atoms with Gasteiger partial charge in [0.1, 0.15) is 17.4 Å². The number of fused-ring (bicyclic) bond motifs is 1. The number of hydrogen-bond acceptors (Lipinski definition) is 5. The molecule has 0 bridgehead atoms. The minimum absolute atomic E-state index is 0.216.